The summed E-state index contributed by atoms with van der Waals surface area (Å²) in [6, 6.07) is 10.5. The van der Waals surface area contributed by atoms with Gasteiger partial charge in [-0.25, -0.2) is 8.78 Å². The van der Waals surface area contributed by atoms with Gasteiger partial charge in [-0.3, -0.25) is 9.59 Å². The fraction of sp³-hybridized carbons (Fsp3) is 0.333. The van der Waals surface area contributed by atoms with Crippen LogP contribution in [0.15, 0.2) is 48.5 Å². The summed E-state index contributed by atoms with van der Waals surface area (Å²) >= 11 is 0. The van der Waals surface area contributed by atoms with Crippen LogP contribution >= 0.6 is 0 Å². The summed E-state index contributed by atoms with van der Waals surface area (Å²) < 4.78 is 32.2. The minimum atomic E-state index is -0.788. The molecule has 0 aliphatic rings. The first-order chi connectivity index (χ1) is 13.3. The smallest absolute Gasteiger partial charge is 0.261 e. The molecule has 0 aromatic heterocycles. The monoisotopic (exact) mass is 390 g/mol. The van der Waals surface area contributed by atoms with Crippen LogP contribution in [0.4, 0.5) is 8.78 Å². The second kappa shape index (κ2) is 9.82. The third-order valence-corrected chi connectivity index (χ3v) is 4.05. The van der Waals surface area contributed by atoms with Crippen LogP contribution in [-0.4, -0.2) is 35.4 Å². The van der Waals surface area contributed by atoms with Crippen molar-refractivity contribution < 1.29 is 23.1 Å². The molecule has 0 saturated heterocycles. The molecule has 28 heavy (non-hydrogen) atoms. The molecular weight excluding hydrogens is 366 g/mol. The number of carbonyl (C=O) groups is 2. The largest absolute Gasteiger partial charge is 0.481 e. The van der Waals surface area contributed by atoms with E-state index in [1.165, 1.54) is 35.2 Å². The van der Waals surface area contributed by atoms with Gasteiger partial charge in [0.1, 0.15) is 11.9 Å². The van der Waals surface area contributed by atoms with E-state index in [4.69, 9.17) is 4.74 Å². The summed E-state index contributed by atoms with van der Waals surface area (Å²) in [5.74, 6) is -1.83. The van der Waals surface area contributed by atoms with Crippen molar-refractivity contribution in [2.75, 3.05) is 6.61 Å². The van der Waals surface area contributed by atoms with E-state index in [1.54, 1.807) is 25.1 Å². The van der Waals surface area contributed by atoms with Gasteiger partial charge in [0.2, 0.25) is 5.91 Å². The minimum absolute atomic E-state index is 0.0446. The van der Waals surface area contributed by atoms with Gasteiger partial charge in [-0.2, -0.15) is 0 Å². The number of hydrogen-bond donors (Lipinski definition) is 1. The third-order valence-electron chi connectivity index (χ3n) is 4.05. The molecule has 1 N–H and O–H groups in total. The fourth-order valence-electron chi connectivity index (χ4n) is 2.56. The summed E-state index contributed by atoms with van der Waals surface area (Å²) in [4.78, 5) is 26.5. The predicted molar refractivity (Wildman–Crippen MR) is 102 cm³/mol. The van der Waals surface area contributed by atoms with Gasteiger partial charge >= 0.3 is 0 Å². The summed E-state index contributed by atoms with van der Waals surface area (Å²) in [7, 11) is 0. The Bertz CT molecular complexity index is 810. The lowest BCUT2D eigenvalue weighted by Crippen LogP contribution is -2.50. The summed E-state index contributed by atoms with van der Waals surface area (Å²) in [6.07, 6.45) is 0. The Morgan fingerprint density at radius 1 is 1.04 bits per heavy atom. The standard InChI is InChI=1S/C21H24F2N2O3/c1-14(2)24-21(27)15(3)25(12-16-8-10-17(22)11-9-16)20(26)13-28-19-7-5-4-6-18(19)23/h4-11,14-15H,12-13H2,1-3H3,(H,24,27)/t15-/m0/s1. The number of amides is 2. The molecule has 2 amide bonds. The quantitative estimate of drug-likeness (QED) is 0.753. The molecule has 0 heterocycles. The number of ether oxygens (including phenoxy) is 1. The van der Waals surface area contributed by atoms with Crippen LogP contribution in [0.5, 0.6) is 5.75 Å². The molecule has 2 rings (SSSR count). The number of benzene rings is 2. The SMILES string of the molecule is CC(C)NC(=O)[C@H](C)N(Cc1ccc(F)cc1)C(=O)COc1ccccc1F. The molecular formula is C21H24F2N2O3. The zero-order chi connectivity index (χ0) is 20.7. The second-order valence-electron chi connectivity index (χ2n) is 6.71. The Balaban J connectivity index is 2.15. The van der Waals surface area contributed by atoms with E-state index < -0.39 is 30.2 Å². The zero-order valence-corrected chi connectivity index (χ0v) is 16.1. The third kappa shape index (κ3) is 6.04. The topological polar surface area (TPSA) is 58.6 Å². The zero-order valence-electron chi connectivity index (χ0n) is 16.1. The first-order valence-electron chi connectivity index (χ1n) is 8.99. The van der Waals surface area contributed by atoms with Crippen molar-refractivity contribution in [3.05, 3.63) is 65.7 Å². The maximum Gasteiger partial charge on any atom is 0.261 e. The molecule has 2 aromatic carbocycles. The number of para-hydroxylation sites is 1. The molecule has 2 aromatic rings. The molecule has 0 fully saturated rings. The van der Waals surface area contributed by atoms with Crippen LogP contribution in [-0.2, 0) is 16.1 Å². The van der Waals surface area contributed by atoms with E-state index in [9.17, 15) is 18.4 Å². The lowest BCUT2D eigenvalue weighted by atomic mass is 10.1. The van der Waals surface area contributed by atoms with Gasteiger partial charge in [0, 0.05) is 12.6 Å². The van der Waals surface area contributed by atoms with Crippen LogP contribution < -0.4 is 10.1 Å². The maximum absolute atomic E-state index is 13.7. The molecule has 0 spiro atoms. The normalized spacial score (nSPS) is 11.8. The van der Waals surface area contributed by atoms with E-state index in [0.717, 1.165) is 0 Å². The molecule has 7 heteroatoms. The van der Waals surface area contributed by atoms with Crippen molar-refractivity contribution in [3.63, 3.8) is 0 Å². The van der Waals surface area contributed by atoms with E-state index in [2.05, 4.69) is 5.32 Å². The molecule has 5 nitrogen and oxygen atoms in total. The maximum atomic E-state index is 13.7. The number of nitrogens with one attached hydrogen (secondary N) is 1. The van der Waals surface area contributed by atoms with Crippen LogP contribution in [0.3, 0.4) is 0 Å². The van der Waals surface area contributed by atoms with E-state index in [1.807, 2.05) is 13.8 Å². The highest BCUT2D eigenvalue weighted by Gasteiger charge is 2.27. The van der Waals surface area contributed by atoms with Crippen molar-refractivity contribution in [1.29, 1.82) is 0 Å². The number of rotatable bonds is 8. The van der Waals surface area contributed by atoms with E-state index in [0.29, 0.717) is 5.56 Å². The highest BCUT2D eigenvalue weighted by atomic mass is 19.1. The van der Waals surface area contributed by atoms with Gasteiger partial charge in [-0.15, -0.1) is 0 Å². The van der Waals surface area contributed by atoms with Gasteiger partial charge in [0.15, 0.2) is 18.2 Å². The van der Waals surface area contributed by atoms with Crippen molar-refractivity contribution in [2.24, 2.45) is 0 Å². The number of hydrogen-bond acceptors (Lipinski definition) is 3. The number of carbonyl (C=O) groups excluding carboxylic acids is 2. The average Bonchev–Trinajstić information content (AvgIpc) is 2.65. The lowest BCUT2D eigenvalue weighted by Gasteiger charge is -2.29. The van der Waals surface area contributed by atoms with Gasteiger partial charge in [0.05, 0.1) is 0 Å². The van der Waals surface area contributed by atoms with Crippen molar-refractivity contribution >= 4 is 11.8 Å². The molecule has 0 aliphatic heterocycles. The van der Waals surface area contributed by atoms with Gasteiger partial charge in [0.25, 0.3) is 5.91 Å². The van der Waals surface area contributed by atoms with Gasteiger partial charge in [-0.1, -0.05) is 24.3 Å². The summed E-state index contributed by atoms with van der Waals surface area (Å²) in [6.45, 7) is 4.90. The van der Waals surface area contributed by atoms with Gasteiger partial charge < -0.3 is 15.0 Å². The minimum Gasteiger partial charge on any atom is -0.481 e. The first-order valence-corrected chi connectivity index (χ1v) is 8.99. The fourth-order valence-corrected chi connectivity index (χ4v) is 2.56. The van der Waals surface area contributed by atoms with Crippen LogP contribution in [0.1, 0.15) is 26.3 Å². The highest BCUT2D eigenvalue weighted by molar-refractivity contribution is 5.88. The Labute approximate surface area is 163 Å². The van der Waals surface area contributed by atoms with E-state index >= 15 is 0 Å². The van der Waals surface area contributed by atoms with Crippen molar-refractivity contribution in [1.82, 2.24) is 10.2 Å². The van der Waals surface area contributed by atoms with Crippen LogP contribution in [0, 0.1) is 11.6 Å². The molecule has 0 bridgehead atoms. The Morgan fingerprint density at radius 2 is 1.68 bits per heavy atom. The average molecular weight is 390 g/mol. The first kappa shape index (κ1) is 21.3. The number of halogens is 2. The number of nitrogens with zero attached hydrogens (tertiary/aromatic N) is 1. The summed E-state index contributed by atoms with van der Waals surface area (Å²) in [5.41, 5.74) is 0.657. The lowest BCUT2D eigenvalue weighted by molar-refractivity contribution is -0.142. The predicted octanol–water partition coefficient (Wildman–Crippen LogP) is 3.29. The van der Waals surface area contributed by atoms with Crippen LogP contribution in [0.2, 0.25) is 0 Å². The van der Waals surface area contributed by atoms with Crippen LogP contribution in [0.25, 0.3) is 0 Å². The van der Waals surface area contributed by atoms with E-state index in [-0.39, 0.29) is 24.2 Å². The highest BCUT2D eigenvalue weighted by Crippen LogP contribution is 2.16. The molecule has 0 radical (unpaired) electrons. The molecule has 0 unspecified atom stereocenters. The second-order valence-corrected chi connectivity index (χ2v) is 6.71. The Kier molecular flexibility index (Phi) is 7.49. The summed E-state index contributed by atoms with van der Waals surface area (Å²) in [5, 5.41) is 2.76. The molecule has 1 atom stereocenters. The molecule has 0 saturated carbocycles. The van der Waals surface area contributed by atoms with Crippen molar-refractivity contribution in [2.45, 2.75) is 39.4 Å². The Morgan fingerprint density at radius 3 is 2.29 bits per heavy atom. The Hall–Kier alpha value is -2.96. The van der Waals surface area contributed by atoms with Gasteiger partial charge in [-0.05, 0) is 50.6 Å². The molecule has 150 valence electrons. The molecule has 0 aliphatic carbocycles. The van der Waals surface area contributed by atoms with Crippen molar-refractivity contribution in [3.8, 4) is 5.75 Å².